The zero-order valence-electron chi connectivity index (χ0n) is 8.32. The van der Waals surface area contributed by atoms with Crippen molar-refractivity contribution in [1.29, 1.82) is 0 Å². The van der Waals surface area contributed by atoms with Gasteiger partial charge in [-0.05, 0) is 29.7 Å². The number of benzene rings is 1. The molecule has 0 aromatic heterocycles. The SMILES string of the molecule is C=C(CC)c1cc(F)c(NC)c(F)c1. The number of allylic oxidation sites excluding steroid dienone is 1. The molecule has 0 radical (unpaired) electrons. The molecule has 0 amide bonds. The quantitative estimate of drug-likeness (QED) is 0.782. The van der Waals surface area contributed by atoms with Gasteiger partial charge in [-0.25, -0.2) is 8.78 Å². The molecule has 0 aliphatic rings. The van der Waals surface area contributed by atoms with Crippen molar-refractivity contribution in [3.05, 3.63) is 35.9 Å². The Labute approximate surface area is 82.4 Å². The molecule has 1 aromatic rings. The minimum absolute atomic E-state index is 0.0994. The Hall–Kier alpha value is -1.38. The van der Waals surface area contributed by atoms with Gasteiger partial charge in [0.05, 0.1) is 0 Å². The highest BCUT2D eigenvalue weighted by molar-refractivity contribution is 5.65. The second-order valence-corrected chi connectivity index (χ2v) is 3.02. The highest BCUT2D eigenvalue weighted by Gasteiger charge is 2.10. The van der Waals surface area contributed by atoms with Crippen molar-refractivity contribution in [2.75, 3.05) is 12.4 Å². The fraction of sp³-hybridized carbons (Fsp3) is 0.273. The average molecular weight is 197 g/mol. The third-order valence-electron chi connectivity index (χ3n) is 2.13. The standard InChI is InChI=1S/C11H13F2N/c1-4-7(2)8-5-9(12)11(14-3)10(13)6-8/h5-6,14H,2,4H2,1,3H3. The molecule has 0 aliphatic carbocycles. The maximum atomic E-state index is 13.3. The zero-order valence-corrected chi connectivity index (χ0v) is 8.32. The van der Waals surface area contributed by atoms with Gasteiger partial charge in [0.1, 0.15) is 17.3 Å². The third-order valence-corrected chi connectivity index (χ3v) is 2.13. The Morgan fingerprint density at radius 3 is 2.21 bits per heavy atom. The van der Waals surface area contributed by atoms with E-state index < -0.39 is 11.6 Å². The van der Waals surface area contributed by atoms with E-state index in [4.69, 9.17) is 0 Å². The molecule has 0 atom stereocenters. The van der Waals surface area contributed by atoms with E-state index in [2.05, 4.69) is 11.9 Å². The summed E-state index contributed by atoms with van der Waals surface area (Å²) in [6.07, 6.45) is 0.678. The first kappa shape index (κ1) is 10.7. The van der Waals surface area contributed by atoms with Crippen LogP contribution in [0.2, 0.25) is 0 Å². The Morgan fingerprint density at radius 1 is 1.36 bits per heavy atom. The number of rotatable bonds is 3. The van der Waals surface area contributed by atoms with Gasteiger partial charge in [-0.2, -0.15) is 0 Å². The van der Waals surface area contributed by atoms with Crippen molar-refractivity contribution in [3.8, 4) is 0 Å². The molecule has 1 aromatic carbocycles. The Kier molecular flexibility index (Phi) is 3.23. The first-order valence-electron chi connectivity index (χ1n) is 4.45. The summed E-state index contributed by atoms with van der Waals surface area (Å²) in [6, 6.07) is 2.58. The van der Waals surface area contributed by atoms with E-state index in [9.17, 15) is 8.78 Å². The molecule has 14 heavy (non-hydrogen) atoms. The van der Waals surface area contributed by atoms with E-state index in [1.54, 1.807) is 0 Å². The fourth-order valence-corrected chi connectivity index (χ4v) is 1.22. The van der Waals surface area contributed by atoms with Crippen LogP contribution in [-0.4, -0.2) is 7.05 Å². The van der Waals surface area contributed by atoms with Crippen LogP contribution in [0.5, 0.6) is 0 Å². The van der Waals surface area contributed by atoms with Crippen molar-refractivity contribution in [3.63, 3.8) is 0 Å². The second kappa shape index (κ2) is 4.22. The predicted octanol–water partition coefficient (Wildman–Crippen LogP) is 3.43. The average Bonchev–Trinajstić information content (AvgIpc) is 2.16. The van der Waals surface area contributed by atoms with Gasteiger partial charge in [0, 0.05) is 7.05 Å². The van der Waals surface area contributed by atoms with Gasteiger partial charge in [-0.15, -0.1) is 0 Å². The molecule has 0 fully saturated rings. The van der Waals surface area contributed by atoms with Crippen LogP contribution in [0.15, 0.2) is 18.7 Å². The van der Waals surface area contributed by atoms with Gasteiger partial charge in [0.25, 0.3) is 0 Å². The van der Waals surface area contributed by atoms with Gasteiger partial charge in [-0.3, -0.25) is 0 Å². The first-order valence-corrected chi connectivity index (χ1v) is 4.45. The number of nitrogens with one attached hydrogen (secondary N) is 1. The maximum absolute atomic E-state index is 13.3. The molecule has 1 rings (SSSR count). The molecule has 0 saturated carbocycles. The van der Waals surface area contributed by atoms with E-state index >= 15 is 0 Å². The van der Waals surface area contributed by atoms with Crippen LogP contribution in [0.4, 0.5) is 14.5 Å². The van der Waals surface area contributed by atoms with Crippen molar-refractivity contribution in [1.82, 2.24) is 0 Å². The van der Waals surface area contributed by atoms with Crippen molar-refractivity contribution in [2.24, 2.45) is 0 Å². The zero-order chi connectivity index (χ0) is 10.7. The maximum Gasteiger partial charge on any atom is 0.149 e. The van der Waals surface area contributed by atoms with Crippen molar-refractivity contribution < 1.29 is 8.78 Å². The summed E-state index contributed by atoms with van der Waals surface area (Å²) in [5, 5.41) is 2.47. The number of hydrogen-bond donors (Lipinski definition) is 1. The van der Waals surface area contributed by atoms with Crippen LogP contribution in [-0.2, 0) is 0 Å². The number of hydrogen-bond acceptors (Lipinski definition) is 1. The van der Waals surface area contributed by atoms with Gasteiger partial charge >= 0.3 is 0 Å². The highest BCUT2D eigenvalue weighted by atomic mass is 19.1. The summed E-state index contributed by atoms with van der Waals surface area (Å²) < 4.78 is 26.5. The molecule has 0 aliphatic heterocycles. The Balaban J connectivity index is 3.20. The molecule has 0 bridgehead atoms. The smallest absolute Gasteiger partial charge is 0.149 e. The molecule has 0 heterocycles. The molecule has 1 nitrogen and oxygen atoms in total. The fourth-order valence-electron chi connectivity index (χ4n) is 1.22. The van der Waals surface area contributed by atoms with Gasteiger partial charge in [0.2, 0.25) is 0 Å². The van der Waals surface area contributed by atoms with Crippen LogP contribution in [0, 0.1) is 11.6 Å². The lowest BCUT2D eigenvalue weighted by Crippen LogP contribution is -1.98. The first-order chi connectivity index (χ1) is 6.60. The summed E-state index contributed by atoms with van der Waals surface area (Å²) in [4.78, 5) is 0. The summed E-state index contributed by atoms with van der Waals surface area (Å²) in [5.41, 5.74) is 1.14. The monoisotopic (exact) mass is 197 g/mol. The molecule has 1 N–H and O–H groups in total. The van der Waals surface area contributed by atoms with Gasteiger partial charge in [-0.1, -0.05) is 13.5 Å². The van der Waals surface area contributed by atoms with Gasteiger partial charge < -0.3 is 5.32 Å². The topological polar surface area (TPSA) is 12.0 Å². The molecule has 76 valence electrons. The summed E-state index contributed by atoms with van der Waals surface area (Å²) in [5.74, 6) is -1.17. The van der Waals surface area contributed by atoms with E-state index in [0.29, 0.717) is 12.0 Å². The van der Waals surface area contributed by atoms with Crippen LogP contribution >= 0.6 is 0 Å². The van der Waals surface area contributed by atoms with E-state index in [0.717, 1.165) is 5.57 Å². The lowest BCUT2D eigenvalue weighted by molar-refractivity contribution is 0.589. The number of anilines is 1. The second-order valence-electron chi connectivity index (χ2n) is 3.02. The predicted molar refractivity (Wildman–Crippen MR) is 55.2 cm³/mol. The van der Waals surface area contributed by atoms with Crippen LogP contribution in [0.1, 0.15) is 18.9 Å². The molecular weight excluding hydrogens is 184 g/mol. The van der Waals surface area contributed by atoms with E-state index in [1.165, 1.54) is 19.2 Å². The largest absolute Gasteiger partial charge is 0.383 e. The summed E-state index contributed by atoms with van der Waals surface area (Å²) >= 11 is 0. The Morgan fingerprint density at radius 2 is 1.86 bits per heavy atom. The molecule has 0 spiro atoms. The normalized spacial score (nSPS) is 10.0. The highest BCUT2D eigenvalue weighted by Crippen LogP contribution is 2.24. The van der Waals surface area contributed by atoms with E-state index in [-0.39, 0.29) is 5.69 Å². The molecule has 3 heteroatoms. The van der Waals surface area contributed by atoms with Crippen LogP contribution < -0.4 is 5.32 Å². The molecular formula is C11H13F2N. The van der Waals surface area contributed by atoms with Crippen LogP contribution in [0.25, 0.3) is 5.57 Å². The lowest BCUT2D eigenvalue weighted by Gasteiger charge is -2.08. The minimum Gasteiger partial charge on any atom is -0.383 e. The van der Waals surface area contributed by atoms with E-state index in [1.807, 2.05) is 6.92 Å². The minimum atomic E-state index is -0.586. The third kappa shape index (κ3) is 1.92. The lowest BCUT2D eigenvalue weighted by atomic mass is 10.0. The number of halogens is 2. The summed E-state index contributed by atoms with van der Waals surface area (Å²) in [6.45, 7) is 5.62. The summed E-state index contributed by atoms with van der Waals surface area (Å²) in [7, 11) is 1.48. The van der Waals surface area contributed by atoms with Crippen LogP contribution in [0.3, 0.4) is 0 Å². The molecule has 0 unspecified atom stereocenters. The van der Waals surface area contributed by atoms with Crippen molar-refractivity contribution in [2.45, 2.75) is 13.3 Å². The van der Waals surface area contributed by atoms with Gasteiger partial charge in [0.15, 0.2) is 0 Å². The van der Waals surface area contributed by atoms with Crippen molar-refractivity contribution >= 4 is 11.3 Å². The molecule has 0 saturated heterocycles. The Bertz CT molecular complexity index is 335.